The second kappa shape index (κ2) is 15.1. The van der Waals surface area contributed by atoms with E-state index in [9.17, 15) is 23.7 Å². The van der Waals surface area contributed by atoms with Crippen LogP contribution in [-0.4, -0.2) is 115 Å². The van der Waals surface area contributed by atoms with E-state index in [0.717, 1.165) is 0 Å². The Hall–Kier alpha value is -3.01. The van der Waals surface area contributed by atoms with Gasteiger partial charge in [-0.1, -0.05) is 41.5 Å². The summed E-state index contributed by atoms with van der Waals surface area (Å²) in [5.74, 6) is -0.136. The molecular weight excluding hydrogens is 863 g/mol. The first-order valence-electron chi connectivity index (χ1n) is 19.2. The number of nitrogens with zero attached hydrogens (tertiary/aromatic N) is 7. The molecule has 27 heteroatoms. The molecule has 23 nitrogen and oxygen atoms in total. The van der Waals surface area contributed by atoms with Gasteiger partial charge in [0.05, 0.1) is 25.9 Å². The highest BCUT2D eigenvalue weighted by Gasteiger charge is 2.63. The van der Waals surface area contributed by atoms with Crippen LogP contribution in [0.2, 0.25) is 36.3 Å². The van der Waals surface area contributed by atoms with Crippen LogP contribution < -0.4 is 17.0 Å². The van der Waals surface area contributed by atoms with Gasteiger partial charge in [0.15, 0.2) is 51.7 Å². The van der Waals surface area contributed by atoms with Crippen molar-refractivity contribution in [2.75, 3.05) is 24.7 Å². The largest absolute Gasteiger partial charge is 0.472 e. The van der Waals surface area contributed by atoms with Gasteiger partial charge in [0, 0.05) is 0 Å². The van der Waals surface area contributed by atoms with Gasteiger partial charge in [0.25, 0.3) is 5.56 Å². The lowest BCUT2D eigenvalue weighted by molar-refractivity contribution is -0.0735. The molecule has 0 amide bonds. The summed E-state index contributed by atoms with van der Waals surface area (Å²) >= 11 is 0. The molecular formula is C33H54N10O13P2Si2. The summed E-state index contributed by atoms with van der Waals surface area (Å²) in [6, 6.07) is 0. The normalized spacial score (nSPS) is 33.7. The molecule has 332 valence electrons. The molecule has 7 N–H and O–H groups in total. The number of hydrogen-bond acceptors (Lipinski definition) is 18. The number of aromatic amines is 1. The van der Waals surface area contributed by atoms with E-state index in [0.29, 0.717) is 0 Å². The number of nitrogens with one attached hydrogen (secondary N) is 1. The Balaban J connectivity index is 1.33. The average molecular weight is 917 g/mol. The predicted molar refractivity (Wildman–Crippen MR) is 220 cm³/mol. The topological polar surface area (TPSA) is 308 Å². The van der Waals surface area contributed by atoms with Crippen molar-refractivity contribution in [3.8, 4) is 0 Å². The van der Waals surface area contributed by atoms with Crippen molar-refractivity contribution < 1.29 is 55.3 Å². The van der Waals surface area contributed by atoms with Crippen LogP contribution in [0.3, 0.4) is 0 Å². The molecule has 3 aliphatic heterocycles. The van der Waals surface area contributed by atoms with Crippen LogP contribution in [0.5, 0.6) is 0 Å². The lowest BCUT2D eigenvalue weighted by Crippen LogP contribution is -2.58. The number of phosphoric ester groups is 2. The zero-order valence-corrected chi connectivity index (χ0v) is 39.0. The second-order valence-corrected chi connectivity index (χ2v) is 30.7. The highest BCUT2D eigenvalue weighted by molar-refractivity contribution is 7.47. The third kappa shape index (κ3) is 8.18. The fourth-order valence-electron chi connectivity index (χ4n) is 6.95. The summed E-state index contributed by atoms with van der Waals surface area (Å²) in [5, 5.41) is -0.792. The molecule has 4 aromatic heterocycles. The SMILES string of the molecule is CC1(O[Si](C)(C)C(C)(C)C)C2COP(=O)(O)OC3C(COP(=O)(O)OC1C(n1cnc4c(=O)[nH]c(N)nc41)O2)OC(n1cnc2c(N)ncnc21)C3O[Si](C)(C)C(C)(C)C. The number of nitrogens with two attached hydrogens (primary N) is 2. The van der Waals surface area contributed by atoms with Crippen LogP contribution in [-0.2, 0) is 45.6 Å². The highest BCUT2D eigenvalue weighted by atomic mass is 31.2. The number of fused-ring (bicyclic) bond motifs is 5. The molecule has 7 heterocycles. The van der Waals surface area contributed by atoms with Crippen molar-refractivity contribution >= 4 is 66.4 Å². The number of aromatic nitrogens is 8. The number of imidazole rings is 2. The van der Waals surface area contributed by atoms with Gasteiger partial charge in [-0.3, -0.25) is 37.0 Å². The third-order valence-corrected chi connectivity index (χ3v) is 23.2. The standard InChI is InChI=1S/C33H54N10O13P2Si2/c1-31(2,3)59(8,9)55-22-21-17(51-28(22)42-15-38-19-24(34)36-14-37-25(19)42)12-49-58(47,48)54-23-29(43-16-39-20-26(43)40-30(35)41-27(20)44)52-18(13-50-57(45,46)53-21)33(23,7)56-60(10,11)32(4,5)6/h14-18,21-23,28-29H,12-13H2,1-11H3,(H,45,46)(H,47,48)(H2,34,36,37)(H3,35,40,41,44). The molecule has 4 aromatic rings. The van der Waals surface area contributed by atoms with E-state index in [1.54, 1.807) is 6.92 Å². The van der Waals surface area contributed by atoms with Gasteiger partial charge in [0.1, 0.15) is 48.0 Å². The minimum absolute atomic E-state index is 0.0443. The molecule has 2 bridgehead atoms. The number of ether oxygens (including phenoxy) is 2. The van der Waals surface area contributed by atoms with E-state index in [4.69, 9.17) is 47.9 Å². The molecule has 0 radical (unpaired) electrons. The van der Waals surface area contributed by atoms with E-state index in [1.165, 1.54) is 28.1 Å². The second-order valence-electron chi connectivity index (χ2n) is 18.5. The van der Waals surface area contributed by atoms with Crippen LogP contribution in [0, 0.1) is 0 Å². The maximum Gasteiger partial charge on any atom is 0.472 e. The Morgan fingerprint density at radius 3 is 2.10 bits per heavy atom. The quantitative estimate of drug-likeness (QED) is 0.134. The van der Waals surface area contributed by atoms with Crippen LogP contribution >= 0.6 is 15.6 Å². The minimum Gasteiger partial charge on any atom is -0.407 e. The van der Waals surface area contributed by atoms with Gasteiger partial charge in [-0.25, -0.2) is 29.1 Å². The van der Waals surface area contributed by atoms with Crippen molar-refractivity contribution in [3.63, 3.8) is 0 Å². The van der Waals surface area contributed by atoms with Gasteiger partial charge >= 0.3 is 15.6 Å². The van der Waals surface area contributed by atoms with Gasteiger partial charge in [-0.05, 0) is 43.2 Å². The minimum atomic E-state index is -5.19. The Labute approximate surface area is 347 Å². The van der Waals surface area contributed by atoms with Gasteiger partial charge in [-0.2, -0.15) is 4.98 Å². The molecule has 0 saturated carbocycles. The number of anilines is 2. The van der Waals surface area contributed by atoms with E-state index >= 15 is 0 Å². The van der Waals surface area contributed by atoms with E-state index in [2.05, 4.69) is 29.9 Å². The van der Waals surface area contributed by atoms with Crippen LogP contribution in [0.4, 0.5) is 11.8 Å². The van der Waals surface area contributed by atoms with Crippen molar-refractivity contribution in [2.45, 2.75) is 133 Å². The Bertz CT molecular complexity index is 2440. The summed E-state index contributed by atoms with van der Waals surface area (Å²) in [6.07, 6.45) is -5.49. The fraction of sp³-hybridized carbons (Fsp3) is 0.697. The third-order valence-electron chi connectivity index (χ3n) is 12.2. The summed E-state index contributed by atoms with van der Waals surface area (Å²) in [7, 11) is -15.9. The molecule has 3 saturated heterocycles. The van der Waals surface area contributed by atoms with Crippen molar-refractivity contribution in [1.29, 1.82) is 0 Å². The molecule has 0 aromatic carbocycles. The maximum absolute atomic E-state index is 14.4. The van der Waals surface area contributed by atoms with Crippen molar-refractivity contribution in [1.82, 2.24) is 39.0 Å². The molecule has 3 fully saturated rings. The molecule has 7 rings (SSSR count). The van der Waals surface area contributed by atoms with Gasteiger partial charge in [0.2, 0.25) is 5.95 Å². The molecule has 0 aliphatic carbocycles. The van der Waals surface area contributed by atoms with Gasteiger partial charge in [-0.15, -0.1) is 0 Å². The summed E-state index contributed by atoms with van der Waals surface area (Å²) in [4.78, 5) is 59.6. The lowest BCUT2D eigenvalue weighted by Gasteiger charge is -2.46. The molecule has 3 aliphatic rings. The Morgan fingerprint density at radius 1 is 0.850 bits per heavy atom. The number of phosphoric acid groups is 2. The number of H-pyrrole nitrogens is 1. The van der Waals surface area contributed by atoms with E-state index in [-0.39, 0.29) is 39.1 Å². The molecule has 0 spiro atoms. The summed E-state index contributed by atoms with van der Waals surface area (Å²) in [6.45, 7) is 20.0. The monoisotopic (exact) mass is 916 g/mol. The number of hydrogen-bond donors (Lipinski definition) is 5. The van der Waals surface area contributed by atoms with E-state index < -0.39 is 105 Å². The first-order valence-corrected chi connectivity index (χ1v) is 28.0. The first kappa shape index (κ1) is 45.0. The Morgan fingerprint density at radius 2 is 1.45 bits per heavy atom. The molecule has 10 unspecified atom stereocenters. The average Bonchev–Trinajstić information content (AvgIpc) is 3.86. The lowest BCUT2D eigenvalue weighted by atomic mass is 9.95. The van der Waals surface area contributed by atoms with Crippen molar-refractivity contribution in [3.05, 3.63) is 29.3 Å². The highest BCUT2D eigenvalue weighted by Crippen LogP contribution is 2.58. The van der Waals surface area contributed by atoms with E-state index in [1.807, 2.05) is 67.7 Å². The number of rotatable bonds is 6. The summed E-state index contributed by atoms with van der Waals surface area (Å²) < 4.78 is 81.9. The van der Waals surface area contributed by atoms with Crippen LogP contribution in [0.15, 0.2) is 23.8 Å². The smallest absolute Gasteiger partial charge is 0.407 e. The maximum atomic E-state index is 14.4. The summed E-state index contributed by atoms with van der Waals surface area (Å²) in [5.41, 5.74) is 10.0. The zero-order valence-electron chi connectivity index (χ0n) is 35.3. The number of nitrogen functional groups attached to an aromatic ring is 2. The molecule has 10 atom stereocenters. The predicted octanol–water partition coefficient (Wildman–Crippen LogP) is 4.11. The van der Waals surface area contributed by atoms with Crippen molar-refractivity contribution in [2.24, 2.45) is 0 Å². The Kier molecular flexibility index (Phi) is 11.3. The van der Waals surface area contributed by atoms with Crippen LogP contribution in [0.1, 0.15) is 60.9 Å². The zero-order chi connectivity index (χ0) is 44.2. The molecule has 60 heavy (non-hydrogen) atoms. The fourth-order valence-corrected chi connectivity index (χ4v) is 11.8. The first-order chi connectivity index (χ1) is 27.5. The van der Waals surface area contributed by atoms with Gasteiger partial charge < -0.3 is 39.6 Å². The van der Waals surface area contributed by atoms with Crippen LogP contribution in [0.25, 0.3) is 22.3 Å².